The zero-order valence-electron chi connectivity index (χ0n) is 6.72. The first-order valence-electron chi connectivity index (χ1n) is 3.76. The highest BCUT2D eigenvalue weighted by Crippen LogP contribution is 2.05. The molecule has 0 aliphatic heterocycles. The van der Waals surface area contributed by atoms with E-state index in [4.69, 9.17) is 0 Å². The lowest BCUT2D eigenvalue weighted by atomic mass is 10.1. The van der Waals surface area contributed by atoms with Gasteiger partial charge in [-0.2, -0.15) is 0 Å². The van der Waals surface area contributed by atoms with Crippen LogP contribution in [0.5, 0.6) is 0 Å². The smallest absolute Gasteiger partial charge is 0.417 e. The second-order valence-corrected chi connectivity index (χ2v) is 2.82. The van der Waals surface area contributed by atoms with E-state index in [1.165, 1.54) is 12.9 Å². The SMILES string of the molecule is CC(C)CCCCO[C]=O. The number of hydrogen-bond donors (Lipinski definition) is 0. The monoisotopic (exact) mass is 143 g/mol. The van der Waals surface area contributed by atoms with Gasteiger partial charge in [-0.15, -0.1) is 0 Å². The molecule has 0 aliphatic carbocycles. The lowest BCUT2D eigenvalue weighted by molar-refractivity contribution is 0.267. The summed E-state index contributed by atoms with van der Waals surface area (Å²) in [7, 11) is 0. The highest BCUT2D eigenvalue weighted by atomic mass is 16.5. The molecule has 2 heteroatoms. The Labute approximate surface area is 62.6 Å². The first-order chi connectivity index (χ1) is 4.77. The molecule has 0 spiro atoms. The molecule has 0 unspecified atom stereocenters. The molecular weight excluding hydrogens is 128 g/mol. The van der Waals surface area contributed by atoms with Crippen molar-refractivity contribution in [2.24, 2.45) is 5.92 Å². The van der Waals surface area contributed by atoms with Crippen molar-refractivity contribution in [3.8, 4) is 0 Å². The van der Waals surface area contributed by atoms with E-state index in [2.05, 4.69) is 18.6 Å². The van der Waals surface area contributed by atoms with Crippen molar-refractivity contribution in [2.75, 3.05) is 6.61 Å². The highest BCUT2D eigenvalue weighted by Gasteiger charge is 1.93. The molecule has 0 aromatic heterocycles. The Kier molecular flexibility index (Phi) is 6.24. The van der Waals surface area contributed by atoms with Gasteiger partial charge >= 0.3 is 6.47 Å². The number of hydrogen-bond acceptors (Lipinski definition) is 2. The molecule has 0 rings (SSSR count). The van der Waals surface area contributed by atoms with Crippen molar-refractivity contribution in [3.05, 3.63) is 0 Å². The van der Waals surface area contributed by atoms with Crippen LogP contribution in [-0.2, 0) is 9.53 Å². The Morgan fingerprint density at radius 2 is 2.10 bits per heavy atom. The number of rotatable bonds is 6. The van der Waals surface area contributed by atoms with Crippen LogP contribution in [0.1, 0.15) is 33.1 Å². The Hall–Kier alpha value is -0.530. The van der Waals surface area contributed by atoms with E-state index in [0.717, 1.165) is 18.8 Å². The third-order valence-corrected chi connectivity index (χ3v) is 1.34. The van der Waals surface area contributed by atoms with Crippen LogP contribution in [0.25, 0.3) is 0 Å². The van der Waals surface area contributed by atoms with Crippen molar-refractivity contribution >= 4 is 6.47 Å². The Bertz CT molecular complexity index is 79.3. The standard InChI is InChI=1S/C8H15O2/c1-8(2)5-3-4-6-10-7-9/h8H,3-6H2,1-2H3. The molecule has 0 atom stereocenters. The molecular formula is C8H15O2. The number of ether oxygens (including phenoxy) is 1. The lowest BCUT2D eigenvalue weighted by Gasteiger charge is -2.01. The summed E-state index contributed by atoms with van der Waals surface area (Å²) < 4.78 is 4.41. The lowest BCUT2D eigenvalue weighted by Crippen LogP contribution is -1.93. The average molecular weight is 143 g/mol. The molecule has 2 nitrogen and oxygen atoms in total. The fourth-order valence-corrected chi connectivity index (χ4v) is 0.768. The largest absolute Gasteiger partial charge is 0.457 e. The maximum absolute atomic E-state index is 9.55. The van der Waals surface area contributed by atoms with Crippen LogP contribution in [0.2, 0.25) is 0 Å². The molecule has 0 saturated heterocycles. The summed E-state index contributed by atoms with van der Waals surface area (Å²) in [5.41, 5.74) is 0. The summed E-state index contributed by atoms with van der Waals surface area (Å²) >= 11 is 0. The van der Waals surface area contributed by atoms with E-state index in [9.17, 15) is 4.79 Å². The van der Waals surface area contributed by atoms with Gasteiger partial charge in [0, 0.05) is 0 Å². The van der Waals surface area contributed by atoms with Crippen LogP contribution in [0.4, 0.5) is 0 Å². The van der Waals surface area contributed by atoms with Gasteiger partial charge < -0.3 is 4.74 Å². The summed E-state index contributed by atoms with van der Waals surface area (Å²) in [6.45, 7) is 6.30. The first kappa shape index (κ1) is 9.47. The third-order valence-electron chi connectivity index (χ3n) is 1.34. The van der Waals surface area contributed by atoms with Gasteiger partial charge in [-0.1, -0.05) is 20.3 Å². The summed E-state index contributed by atoms with van der Waals surface area (Å²) in [4.78, 5) is 9.55. The molecule has 0 saturated carbocycles. The second-order valence-electron chi connectivity index (χ2n) is 2.82. The molecule has 0 aliphatic rings. The average Bonchev–Trinajstić information content (AvgIpc) is 1.87. The molecule has 0 fully saturated rings. The minimum atomic E-state index is 0.524. The summed E-state index contributed by atoms with van der Waals surface area (Å²) in [5, 5.41) is 0. The van der Waals surface area contributed by atoms with E-state index in [1.54, 1.807) is 0 Å². The first-order valence-corrected chi connectivity index (χ1v) is 3.76. The molecule has 0 amide bonds. The maximum atomic E-state index is 9.55. The Balaban J connectivity index is 2.83. The molecule has 0 heterocycles. The van der Waals surface area contributed by atoms with Crippen LogP contribution >= 0.6 is 0 Å². The molecule has 0 N–H and O–H groups in total. The van der Waals surface area contributed by atoms with Crippen LogP contribution in [0.3, 0.4) is 0 Å². The van der Waals surface area contributed by atoms with Gasteiger partial charge in [0.15, 0.2) is 0 Å². The van der Waals surface area contributed by atoms with Gasteiger partial charge in [-0.05, 0) is 18.8 Å². The third kappa shape index (κ3) is 7.47. The van der Waals surface area contributed by atoms with E-state index >= 15 is 0 Å². The van der Waals surface area contributed by atoms with Crippen LogP contribution in [-0.4, -0.2) is 13.1 Å². The van der Waals surface area contributed by atoms with Gasteiger partial charge in [-0.25, -0.2) is 4.79 Å². The molecule has 0 aromatic carbocycles. The van der Waals surface area contributed by atoms with E-state index in [-0.39, 0.29) is 0 Å². The van der Waals surface area contributed by atoms with Crippen molar-refractivity contribution in [1.29, 1.82) is 0 Å². The van der Waals surface area contributed by atoms with E-state index < -0.39 is 0 Å². The summed E-state index contributed by atoms with van der Waals surface area (Å²) in [6.07, 6.45) is 3.31. The normalized spacial score (nSPS) is 9.90. The predicted molar refractivity (Wildman–Crippen MR) is 40.3 cm³/mol. The van der Waals surface area contributed by atoms with Gasteiger partial charge in [0.2, 0.25) is 0 Å². The van der Waals surface area contributed by atoms with Crippen LogP contribution in [0, 0.1) is 5.92 Å². The molecule has 10 heavy (non-hydrogen) atoms. The zero-order chi connectivity index (χ0) is 7.82. The molecule has 59 valence electrons. The maximum Gasteiger partial charge on any atom is 0.417 e. The topological polar surface area (TPSA) is 26.3 Å². The number of unbranched alkanes of at least 4 members (excludes halogenated alkanes) is 1. The quantitative estimate of drug-likeness (QED) is 0.531. The zero-order valence-corrected chi connectivity index (χ0v) is 6.72. The van der Waals surface area contributed by atoms with Crippen molar-refractivity contribution < 1.29 is 9.53 Å². The molecule has 0 aromatic rings. The van der Waals surface area contributed by atoms with Gasteiger partial charge in [0.05, 0.1) is 6.61 Å². The summed E-state index contributed by atoms with van der Waals surface area (Å²) in [5.74, 6) is 0.750. The second kappa shape index (κ2) is 6.59. The van der Waals surface area contributed by atoms with Crippen LogP contribution < -0.4 is 0 Å². The van der Waals surface area contributed by atoms with Crippen molar-refractivity contribution in [1.82, 2.24) is 0 Å². The minimum absolute atomic E-state index is 0.524. The summed E-state index contributed by atoms with van der Waals surface area (Å²) in [6, 6.07) is 0. The Morgan fingerprint density at radius 1 is 1.40 bits per heavy atom. The van der Waals surface area contributed by atoms with Gasteiger partial charge in [-0.3, -0.25) is 0 Å². The van der Waals surface area contributed by atoms with E-state index in [0.29, 0.717) is 6.61 Å². The van der Waals surface area contributed by atoms with E-state index in [1.807, 2.05) is 0 Å². The predicted octanol–water partition coefficient (Wildman–Crippen LogP) is 1.90. The fourth-order valence-electron chi connectivity index (χ4n) is 0.768. The Morgan fingerprint density at radius 3 is 2.60 bits per heavy atom. The number of carbonyl (C=O) groups excluding carboxylic acids is 1. The highest BCUT2D eigenvalue weighted by molar-refractivity contribution is 5.37. The van der Waals surface area contributed by atoms with Crippen molar-refractivity contribution in [3.63, 3.8) is 0 Å². The molecule has 1 radical (unpaired) electrons. The van der Waals surface area contributed by atoms with Crippen LogP contribution in [0.15, 0.2) is 0 Å². The van der Waals surface area contributed by atoms with Crippen molar-refractivity contribution in [2.45, 2.75) is 33.1 Å². The molecule has 0 bridgehead atoms. The van der Waals surface area contributed by atoms with Gasteiger partial charge in [0.1, 0.15) is 0 Å². The fraction of sp³-hybridized carbons (Fsp3) is 0.875. The van der Waals surface area contributed by atoms with Gasteiger partial charge in [0.25, 0.3) is 0 Å². The minimum Gasteiger partial charge on any atom is -0.457 e.